The number of aromatic nitrogens is 1. The van der Waals surface area contributed by atoms with Crippen molar-refractivity contribution in [3.63, 3.8) is 0 Å². The van der Waals surface area contributed by atoms with Crippen LogP contribution in [0.5, 0.6) is 0 Å². The van der Waals surface area contributed by atoms with Gasteiger partial charge in [0.2, 0.25) is 0 Å². The van der Waals surface area contributed by atoms with E-state index >= 15 is 0 Å². The molecule has 1 heterocycles. The Morgan fingerprint density at radius 1 is 1.17 bits per heavy atom. The number of alkyl carbamates (subject to hydrolysis) is 1. The molecule has 0 aliphatic heterocycles. The first-order valence-corrected chi connectivity index (χ1v) is 9.76. The number of benzene rings is 2. The van der Waals surface area contributed by atoms with Crippen molar-refractivity contribution in [2.75, 3.05) is 13.2 Å². The molecule has 1 aliphatic rings. The molecular weight excluding hydrogens is 397 g/mol. The first kappa shape index (κ1) is 20.3. The zero-order valence-corrected chi connectivity index (χ0v) is 16.1. The summed E-state index contributed by atoms with van der Waals surface area (Å²) in [6, 6.07) is 7.29. The van der Waals surface area contributed by atoms with E-state index in [1.165, 1.54) is 30.3 Å². The van der Waals surface area contributed by atoms with Gasteiger partial charge in [-0.3, -0.25) is 0 Å². The number of hydrogen-bond acceptors (Lipinski definition) is 3. The summed E-state index contributed by atoms with van der Waals surface area (Å²) in [5.41, 5.74) is 1.79. The fourth-order valence-electron chi connectivity index (χ4n) is 3.65. The van der Waals surface area contributed by atoms with Crippen LogP contribution in [0.1, 0.15) is 18.4 Å². The van der Waals surface area contributed by atoms with Crippen molar-refractivity contribution in [1.29, 1.82) is 0 Å². The summed E-state index contributed by atoms with van der Waals surface area (Å²) in [6.07, 6.45) is 1.45. The quantitative estimate of drug-likeness (QED) is 0.536. The average Bonchev–Trinajstić information content (AvgIpc) is 3.49. The number of aliphatic hydroxyl groups excluding tert-OH is 1. The number of fused-ring (bicyclic) bond motifs is 1. The van der Waals surface area contributed by atoms with Crippen LogP contribution in [-0.2, 0) is 11.2 Å². The van der Waals surface area contributed by atoms with Gasteiger partial charge in [0.25, 0.3) is 0 Å². The molecule has 1 saturated carbocycles. The molecule has 1 amide bonds. The van der Waals surface area contributed by atoms with E-state index in [2.05, 4.69) is 10.3 Å². The highest BCUT2D eigenvalue weighted by Crippen LogP contribution is 2.33. The number of aliphatic hydroxyl groups is 1. The first-order valence-electron chi connectivity index (χ1n) is 9.76. The summed E-state index contributed by atoms with van der Waals surface area (Å²) >= 11 is 0. The topological polar surface area (TPSA) is 74.3 Å². The van der Waals surface area contributed by atoms with Crippen molar-refractivity contribution in [1.82, 2.24) is 10.3 Å². The molecule has 1 aliphatic carbocycles. The minimum Gasteiger partial charge on any atom is -0.449 e. The first-order chi connectivity index (χ1) is 14.5. The van der Waals surface area contributed by atoms with Crippen molar-refractivity contribution in [3.05, 3.63) is 59.4 Å². The molecular formula is C22H21F3N2O3. The Labute approximate surface area is 170 Å². The maximum atomic E-state index is 14.3. The van der Waals surface area contributed by atoms with E-state index < -0.39 is 23.5 Å². The van der Waals surface area contributed by atoms with Crippen molar-refractivity contribution in [2.45, 2.75) is 25.3 Å². The lowest BCUT2D eigenvalue weighted by Gasteiger charge is -2.15. The van der Waals surface area contributed by atoms with E-state index in [0.29, 0.717) is 22.2 Å². The van der Waals surface area contributed by atoms with Crippen LogP contribution >= 0.6 is 0 Å². The second kappa shape index (κ2) is 8.39. The maximum Gasteiger partial charge on any atom is 0.407 e. The third-order valence-corrected chi connectivity index (χ3v) is 5.34. The molecule has 158 valence electrons. The summed E-state index contributed by atoms with van der Waals surface area (Å²) in [5.74, 6) is -1.61. The van der Waals surface area contributed by atoms with Gasteiger partial charge < -0.3 is 20.1 Å². The number of ether oxygens (including phenoxy) is 1. The standard InChI is InChI=1S/C22H21F3N2O3/c23-14-5-3-13(4-6-14)20-16(17-9-15(24)10-18(25)21(17)27-20)7-8-30-22(29)26-19(11-28)12-1-2-12/h3-6,9-10,12,19,27-28H,1-2,7-8,11H2,(H,26,29). The zero-order valence-electron chi connectivity index (χ0n) is 16.1. The number of hydrogen-bond donors (Lipinski definition) is 3. The van der Waals surface area contributed by atoms with Crippen molar-refractivity contribution >= 4 is 17.0 Å². The SMILES string of the molecule is O=C(NC(CO)C1CC1)OCCc1c(-c2ccc(F)cc2)[nH]c2c(F)cc(F)cc12. The molecule has 0 saturated heterocycles. The van der Waals surface area contributed by atoms with Crippen LogP contribution < -0.4 is 5.32 Å². The van der Waals surface area contributed by atoms with E-state index in [1.807, 2.05) is 0 Å². The van der Waals surface area contributed by atoms with E-state index in [4.69, 9.17) is 4.74 Å². The van der Waals surface area contributed by atoms with Gasteiger partial charge in [-0.2, -0.15) is 0 Å². The van der Waals surface area contributed by atoms with Gasteiger partial charge >= 0.3 is 6.09 Å². The Hall–Kier alpha value is -3.00. The molecule has 1 unspecified atom stereocenters. The van der Waals surface area contributed by atoms with Crippen LogP contribution in [0.4, 0.5) is 18.0 Å². The predicted octanol–water partition coefficient (Wildman–Crippen LogP) is 4.29. The molecule has 4 rings (SSSR count). The Kier molecular flexibility index (Phi) is 5.67. The molecule has 1 fully saturated rings. The number of carbonyl (C=O) groups is 1. The van der Waals surface area contributed by atoms with Crippen LogP contribution in [-0.4, -0.2) is 35.4 Å². The largest absolute Gasteiger partial charge is 0.449 e. The Bertz CT molecular complexity index is 1060. The second-order valence-electron chi connectivity index (χ2n) is 7.45. The number of nitrogens with one attached hydrogen (secondary N) is 2. The summed E-state index contributed by atoms with van der Waals surface area (Å²) < 4.78 is 46.6. The van der Waals surface area contributed by atoms with Crippen LogP contribution in [0.25, 0.3) is 22.2 Å². The van der Waals surface area contributed by atoms with Crippen LogP contribution in [0.2, 0.25) is 0 Å². The van der Waals surface area contributed by atoms with Gasteiger partial charge in [0.05, 0.1) is 24.8 Å². The molecule has 0 spiro atoms. The molecule has 1 aromatic heterocycles. The van der Waals surface area contributed by atoms with Gasteiger partial charge in [0.1, 0.15) is 17.5 Å². The number of halogens is 3. The lowest BCUT2D eigenvalue weighted by molar-refractivity contribution is 0.134. The highest BCUT2D eigenvalue weighted by Gasteiger charge is 2.32. The number of rotatable bonds is 7. The fraction of sp³-hybridized carbons (Fsp3) is 0.318. The third-order valence-electron chi connectivity index (χ3n) is 5.34. The van der Waals surface area contributed by atoms with Crippen LogP contribution in [0.15, 0.2) is 36.4 Å². The fourth-order valence-corrected chi connectivity index (χ4v) is 3.65. The van der Waals surface area contributed by atoms with Crippen LogP contribution in [0.3, 0.4) is 0 Å². The van der Waals surface area contributed by atoms with Gasteiger partial charge in [-0.15, -0.1) is 0 Å². The summed E-state index contributed by atoms with van der Waals surface area (Å²) in [4.78, 5) is 15.0. The highest BCUT2D eigenvalue weighted by molar-refractivity contribution is 5.91. The number of amides is 1. The average molecular weight is 418 g/mol. The molecule has 3 N–H and O–H groups in total. The van der Waals surface area contributed by atoms with Gasteiger partial charge in [0, 0.05) is 23.6 Å². The van der Waals surface area contributed by atoms with Gasteiger partial charge in [-0.25, -0.2) is 18.0 Å². The molecule has 30 heavy (non-hydrogen) atoms. The number of aromatic amines is 1. The lowest BCUT2D eigenvalue weighted by atomic mass is 10.0. The van der Waals surface area contributed by atoms with Crippen molar-refractivity contribution in [2.24, 2.45) is 5.92 Å². The van der Waals surface area contributed by atoms with Gasteiger partial charge in [0.15, 0.2) is 0 Å². The van der Waals surface area contributed by atoms with Crippen LogP contribution in [0, 0.1) is 23.4 Å². The second-order valence-corrected chi connectivity index (χ2v) is 7.45. The van der Waals surface area contributed by atoms with E-state index in [-0.39, 0.29) is 37.1 Å². The highest BCUT2D eigenvalue weighted by atomic mass is 19.1. The van der Waals surface area contributed by atoms with E-state index in [1.54, 1.807) is 0 Å². The molecule has 2 aromatic carbocycles. The van der Waals surface area contributed by atoms with E-state index in [0.717, 1.165) is 18.9 Å². The molecule has 3 aromatic rings. The van der Waals surface area contributed by atoms with Gasteiger partial charge in [-0.1, -0.05) is 0 Å². The Morgan fingerprint density at radius 2 is 1.90 bits per heavy atom. The zero-order chi connectivity index (χ0) is 21.3. The van der Waals surface area contributed by atoms with Crippen molar-refractivity contribution in [3.8, 4) is 11.3 Å². The molecule has 0 bridgehead atoms. The Balaban J connectivity index is 1.56. The molecule has 5 nitrogen and oxygen atoms in total. The summed E-state index contributed by atoms with van der Waals surface area (Å²) in [6.45, 7) is -0.191. The predicted molar refractivity (Wildman–Crippen MR) is 105 cm³/mol. The van der Waals surface area contributed by atoms with Gasteiger partial charge in [-0.05, 0) is 60.2 Å². The van der Waals surface area contributed by atoms with E-state index in [9.17, 15) is 23.1 Å². The normalized spacial score (nSPS) is 14.7. The third kappa shape index (κ3) is 4.28. The summed E-state index contributed by atoms with van der Waals surface area (Å²) in [7, 11) is 0. The molecule has 8 heteroatoms. The number of H-pyrrole nitrogens is 1. The Morgan fingerprint density at radius 3 is 2.57 bits per heavy atom. The minimum absolute atomic E-state index is 0.0338. The summed E-state index contributed by atoms with van der Waals surface area (Å²) in [5, 5.41) is 12.3. The molecule has 1 atom stereocenters. The smallest absolute Gasteiger partial charge is 0.407 e. The molecule has 0 radical (unpaired) electrons. The monoisotopic (exact) mass is 418 g/mol. The number of carbonyl (C=O) groups excluding carboxylic acids is 1. The lowest BCUT2D eigenvalue weighted by Crippen LogP contribution is -2.39. The van der Waals surface area contributed by atoms with Crippen molar-refractivity contribution < 1.29 is 27.8 Å². The minimum atomic E-state index is -0.742. The maximum absolute atomic E-state index is 14.3.